The molecular formula is C13H22NO5S-. The largest absolute Gasteiger partial charge is 0.595 e. The highest BCUT2D eigenvalue weighted by Crippen LogP contribution is 2.10. The van der Waals surface area contributed by atoms with Crippen LogP contribution in [-0.2, 0) is 14.3 Å². The Morgan fingerprint density at radius 2 is 2.10 bits per heavy atom. The molecule has 0 bridgehead atoms. The average Bonchev–Trinajstić information content (AvgIpc) is 2.34. The van der Waals surface area contributed by atoms with Crippen LogP contribution in [0, 0.1) is 0 Å². The van der Waals surface area contributed by atoms with Crippen LogP contribution in [0.2, 0.25) is 0 Å². The summed E-state index contributed by atoms with van der Waals surface area (Å²) < 4.78 is 9.65. The standard InChI is InChI=1S/C13H23NO5S/c1-13(2,3)19-12(17)14-10(11(16)18-4)9-20-8-6-5-7-15/h5-6,10,15H,7-9H2,1-4H3,(H,14,17)/p-1/b6-5+/t10-/m0/s1. The summed E-state index contributed by atoms with van der Waals surface area (Å²) in [6.45, 7) is 5.15. The van der Waals surface area contributed by atoms with E-state index in [0.29, 0.717) is 11.5 Å². The van der Waals surface area contributed by atoms with Gasteiger partial charge in [0, 0.05) is 17.1 Å². The van der Waals surface area contributed by atoms with Crippen molar-refractivity contribution in [3.8, 4) is 0 Å². The summed E-state index contributed by atoms with van der Waals surface area (Å²) in [6, 6.07) is -0.887. The zero-order valence-corrected chi connectivity index (χ0v) is 13.1. The summed E-state index contributed by atoms with van der Waals surface area (Å²) in [5.41, 5.74) is -0.655. The van der Waals surface area contributed by atoms with Crippen LogP contribution in [0.15, 0.2) is 17.1 Å². The lowest BCUT2D eigenvalue weighted by Gasteiger charge is -2.30. The predicted octanol–water partition coefficient (Wildman–Crippen LogP) is 0.341. The zero-order valence-electron chi connectivity index (χ0n) is 12.3. The topological polar surface area (TPSA) is 91.2 Å². The van der Waals surface area contributed by atoms with Crippen molar-refractivity contribution >= 4 is 23.8 Å². The minimum absolute atomic E-state index is 0.0245. The number of nitrogens with zero attached hydrogens (tertiary/aromatic N) is 1. The van der Waals surface area contributed by atoms with E-state index in [2.05, 4.69) is 9.73 Å². The first-order valence-corrected chi connectivity index (χ1v) is 7.31. The molecule has 1 N–H and O–H groups in total. The van der Waals surface area contributed by atoms with Crippen molar-refractivity contribution < 1.29 is 24.5 Å². The highest BCUT2D eigenvalue weighted by atomic mass is 32.2. The maximum absolute atomic E-state index is 11.6. The Balaban J connectivity index is 4.52. The van der Waals surface area contributed by atoms with E-state index < -0.39 is 23.7 Å². The van der Waals surface area contributed by atoms with Crippen molar-refractivity contribution in [3.63, 3.8) is 0 Å². The first kappa shape index (κ1) is 18.8. The highest BCUT2D eigenvalue weighted by molar-refractivity contribution is 7.99. The Hall–Kier alpha value is -1.21. The van der Waals surface area contributed by atoms with Crippen molar-refractivity contribution in [2.24, 2.45) is 4.99 Å². The van der Waals surface area contributed by atoms with Gasteiger partial charge in [-0.3, -0.25) is 4.99 Å². The Morgan fingerprint density at radius 1 is 1.45 bits per heavy atom. The van der Waals surface area contributed by atoms with Crippen molar-refractivity contribution in [2.75, 3.05) is 25.2 Å². The summed E-state index contributed by atoms with van der Waals surface area (Å²) in [4.78, 5) is 15.3. The summed E-state index contributed by atoms with van der Waals surface area (Å²) in [5, 5.41) is 20.1. The second-order valence-electron chi connectivity index (χ2n) is 4.84. The molecule has 0 radical (unpaired) electrons. The van der Waals surface area contributed by atoms with Crippen LogP contribution in [0.3, 0.4) is 0 Å². The first-order chi connectivity index (χ1) is 9.30. The van der Waals surface area contributed by atoms with Gasteiger partial charge in [0.1, 0.15) is 6.08 Å². The molecule has 116 valence electrons. The van der Waals surface area contributed by atoms with Gasteiger partial charge in [-0.25, -0.2) is 4.79 Å². The molecule has 7 heteroatoms. The van der Waals surface area contributed by atoms with Gasteiger partial charge < -0.3 is 19.7 Å². The number of thioether (sulfide) groups is 1. The fourth-order valence-electron chi connectivity index (χ4n) is 1.10. The number of aliphatic hydroxyl groups is 1. The van der Waals surface area contributed by atoms with Crippen LogP contribution in [-0.4, -0.2) is 54.0 Å². The summed E-state index contributed by atoms with van der Waals surface area (Å²) in [7, 11) is 1.25. The Kier molecular flexibility index (Phi) is 9.07. The van der Waals surface area contributed by atoms with E-state index in [1.165, 1.54) is 18.9 Å². The maximum Gasteiger partial charge on any atom is 0.331 e. The number of aliphatic hydroxyl groups excluding tert-OH is 1. The highest BCUT2D eigenvalue weighted by Gasteiger charge is 2.18. The molecule has 0 aromatic rings. The van der Waals surface area contributed by atoms with Crippen LogP contribution in [0.25, 0.3) is 0 Å². The van der Waals surface area contributed by atoms with Gasteiger partial charge >= 0.3 is 5.97 Å². The molecule has 20 heavy (non-hydrogen) atoms. The number of methoxy groups -OCH3 is 1. The molecule has 0 fully saturated rings. The van der Waals surface area contributed by atoms with E-state index in [-0.39, 0.29) is 6.61 Å². The lowest BCUT2D eigenvalue weighted by atomic mass is 10.2. The second-order valence-corrected chi connectivity index (χ2v) is 5.91. The van der Waals surface area contributed by atoms with E-state index >= 15 is 0 Å². The number of hydrogen-bond donors (Lipinski definition) is 1. The van der Waals surface area contributed by atoms with E-state index in [0.717, 1.165) is 0 Å². The molecule has 6 nitrogen and oxygen atoms in total. The molecule has 0 aliphatic rings. The van der Waals surface area contributed by atoms with Gasteiger partial charge in [0.2, 0.25) is 0 Å². The van der Waals surface area contributed by atoms with Crippen LogP contribution >= 0.6 is 11.8 Å². The van der Waals surface area contributed by atoms with Crippen LogP contribution in [0.4, 0.5) is 0 Å². The number of aliphatic imine (C=N–C) groups is 1. The number of rotatable bonds is 7. The molecular weight excluding hydrogens is 282 g/mol. The average molecular weight is 304 g/mol. The monoisotopic (exact) mass is 304 g/mol. The predicted molar refractivity (Wildman–Crippen MR) is 77.6 cm³/mol. The summed E-state index contributed by atoms with van der Waals surface area (Å²) in [6.07, 6.45) is 2.59. The van der Waals surface area contributed by atoms with Crippen LogP contribution < -0.4 is 5.11 Å². The summed E-state index contributed by atoms with van der Waals surface area (Å²) >= 11 is 1.40. The van der Waals surface area contributed by atoms with Crippen molar-refractivity contribution in [1.82, 2.24) is 0 Å². The van der Waals surface area contributed by atoms with Crippen molar-refractivity contribution in [1.29, 1.82) is 0 Å². The SMILES string of the molecule is COC(=O)[C@H](CSC/C=C/CO)N=C([O-])OC(C)(C)C. The number of carbonyl (C=O) groups excluding carboxylic acids is 1. The van der Waals surface area contributed by atoms with Gasteiger partial charge in [0.15, 0.2) is 6.04 Å². The lowest BCUT2D eigenvalue weighted by molar-refractivity contribution is -0.261. The van der Waals surface area contributed by atoms with Crippen molar-refractivity contribution in [3.05, 3.63) is 12.2 Å². The first-order valence-electron chi connectivity index (χ1n) is 6.15. The van der Waals surface area contributed by atoms with Crippen molar-refractivity contribution in [2.45, 2.75) is 32.4 Å². The summed E-state index contributed by atoms with van der Waals surface area (Å²) in [5.74, 6) is 0.342. The van der Waals surface area contributed by atoms with E-state index in [9.17, 15) is 9.90 Å². The van der Waals surface area contributed by atoms with Gasteiger partial charge in [0.25, 0.3) is 0 Å². The fourth-order valence-corrected chi connectivity index (χ4v) is 1.94. The molecule has 0 aromatic carbocycles. The third kappa shape index (κ3) is 9.69. The molecule has 0 aliphatic heterocycles. The van der Waals surface area contributed by atoms with E-state index in [1.807, 2.05) is 0 Å². The Morgan fingerprint density at radius 3 is 2.60 bits per heavy atom. The quantitative estimate of drug-likeness (QED) is 0.240. The lowest BCUT2D eigenvalue weighted by Crippen LogP contribution is -2.35. The molecule has 0 amide bonds. The molecule has 1 atom stereocenters. The molecule has 0 saturated heterocycles. The third-order valence-electron chi connectivity index (χ3n) is 1.89. The fraction of sp³-hybridized carbons (Fsp3) is 0.692. The number of esters is 1. The third-order valence-corrected chi connectivity index (χ3v) is 2.87. The molecule has 0 unspecified atom stereocenters. The van der Waals surface area contributed by atoms with Gasteiger partial charge in [-0.15, -0.1) is 0 Å². The van der Waals surface area contributed by atoms with Crippen LogP contribution in [0.5, 0.6) is 0 Å². The van der Waals surface area contributed by atoms with Gasteiger partial charge in [-0.2, -0.15) is 11.8 Å². The maximum atomic E-state index is 11.6. The van der Waals surface area contributed by atoms with Crippen LogP contribution in [0.1, 0.15) is 20.8 Å². The molecule has 0 saturated carbocycles. The minimum Gasteiger partial charge on any atom is -0.595 e. The smallest absolute Gasteiger partial charge is 0.331 e. The Bertz CT molecular complexity index is 349. The second kappa shape index (κ2) is 9.66. The molecule has 0 rings (SSSR count). The number of ether oxygens (including phenoxy) is 2. The Labute approximate surface area is 123 Å². The normalized spacial score (nSPS) is 14.3. The van der Waals surface area contributed by atoms with Gasteiger partial charge in [-0.1, -0.05) is 32.9 Å². The number of carbonyl (C=O) groups is 1. The number of hydrogen-bond acceptors (Lipinski definition) is 7. The zero-order chi connectivity index (χ0) is 15.6. The molecule has 0 heterocycles. The van der Waals surface area contributed by atoms with E-state index in [4.69, 9.17) is 9.84 Å². The van der Waals surface area contributed by atoms with Gasteiger partial charge in [0.05, 0.1) is 13.7 Å². The molecule has 0 spiro atoms. The minimum atomic E-state index is -0.887. The molecule has 0 aliphatic carbocycles. The molecule has 0 aromatic heterocycles. The van der Waals surface area contributed by atoms with Gasteiger partial charge in [-0.05, 0) is 0 Å². The van der Waals surface area contributed by atoms with E-state index in [1.54, 1.807) is 32.9 Å².